The van der Waals surface area contributed by atoms with Gasteiger partial charge in [0.2, 0.25) is 0 Å². The quantitative estimate of drug-likeness (QED) is 0.561. The van der Waals surface area contributed by atoms with E-state index < -0.39 is 37.1 Å². The number of esters is 1. The Kier molecular flexibility index (Phi) is 7.85. The first-order chi connectivity index (χ1) is 8.90. The van der Waals surface area contributed by atoms with Crippen LogP contribution in [-0.4, -0.2) is 67.3 Å². The van der Waals surface area contributed by atoms with Crippen molar-refractivity contribution in [3.8, 4) is 0 Å². The molecule has 0 aliphatic carbocycles. The van der Waals surface area contributed by atoms with E-state index >= 15 is 0 Å². The first-order valence-corrected chi connectivity index (χ1v) is 5.35. The van der Waals surface area contributed by atoms with Crippen LogP contribution in [-0.2, 0) is 23.9 Å². The smallest absolute Gasteiger partial charge is 0.329 e. The number of carbonyl (C=O) groups excluding carboxylic acids is 3. The van der Waals surface area contributed by atoms with Gasteiger partial charge in [-0.25, -0.2) is 9.59 Å². The van der Waals surface area contributed by atoms with Crippen LogP contribution in [0.3, 0.4) is 0 Å². The SMILES string of the molecule is CCN(CC(=O)OC)C(=O)NC(=O)COCC(=O)O. The van der Waals surface area contributed by atoms with E-state index in [0.717, 1.165) is 4.90 Å². The summed E-state index contributed by atoms with van der Waals surface area (Å²) in [4.78, 5) is 45.0. The minimum Gasteiger partial charge on any atom is -0.480 e. The first-order valence-electron chi connectivity index (χ1n) is 5.35. The van der Waals surface area contributed by atoms with Crippen LogP contribution in [0.2, 0.25) is 0 Å². The Morgan fingerprint density at radius 2 is 1.84 bits per heavy atom. The fraction of sp³-hybridized carbons (Fsp3) is 0.600. The molecule has 9 nitrogen and oxygen atoms in total. The number of methoxy groups -OCH3 is 1. The highest BCUT2D eigenvalue weighted by molar-refractivity contribution is 5.96. The zero-order valence-electron chi connectivity index (χ0n) is 10.7. The number of ether oxygens (including phenoxy) is 2. The topological polar surface area (TPSA) is 122 Å². The molecule has 0 aliphatic rings. The van der Waals surface area contributed by atoms with Crippen LogP contribution in [0.25, 0.3) is 0 Å². The van der Waals surface area contributed by atoms with Gasteiger partial charge < -0.3 is 19.5 Å². The lowest BCUT2D eigenvalue weighted by Gasteiger charge is -2.19. The molecule has 0 saturated heterocycles. The molecule has 0 saturated carbocycles. The Morgan fingerprint density at radius 3 is 2.32 bits per heavy atom. The van der Waals surface area contributed by atoms with Crippen LogP contribution in [0.1, 0.15) is 6.92 Å². The van der Waals surface area contributed by atoms with Crippen molar-refractivity contribution in [1.82, 2.24) is 10.2 Å². The molecule has 0 aromatic heterocycles. The average Bonchev–Trinajstić information content (AvgIpc) is 2.34. The Balaban J connectivity index is 4.14. The zero-order valence-corrected chi connectivity index (χ0v) is 10.7. The number of rotatable bonds is 7. The largest absolute Gasteiger partial charge is 0.480 e. The highest BCUT2D eigenvalue weighted by Crippen LogP contribution is 1.91. The Labute approximate surface area is 109 Å². The fourth-order valence-corrected chi connectivity index (χ4v) is 1.01. The van der Waals surface area contributed by atoms with Gasteiger partial charge in [-0.1, -0.05) is 0 Å². The van der Waals surface area contributed by atoms with Crippen LogP contribution < -0.4 is 5.32 Å². The van der Waals surface area contributed by atoms with Crippen LogP contribution in [0.4, 0.5) is 4.79 Å². The summed E-state index contributed by atoms with van der Waals surface area (Å²) in [5, 5.41) is 10.2. The minimum absolute atomic E-state index is 0.199. The molecule has 9 heteroatoms. The molecule has 0 bridgehead atoms. The minimum atomic E-state index is -1.22. The summed E-state index contributed by atoms with van der Waals surface area (Å²) in [6.07, 6.45) is 0. The summed E-state index contributed by atoms with van der Waals surface area (Å²) in [6, 6.07) is -0.781. The van der Waals surface area contributed by atoms with Crippen molar-refractivity contribution in [2.45, 2.75) is 6.92 Å². The molecule has 0 aromatic carbocycles. The number of nitrogens with one attached hydrogen (secondary N) is 1. The van der Waals surface area contributed by atoms with Gasteiger partial charge in [0.25, 0.3) is 5.91 Å². The molecule has 2 N–H and O–H groups in total. The van der Waals surface area contributed by atoms with Gasteiger partial charge in [0.05, 0.1) is 7.11 Å². The molecule has 0 heterocycles. The maximum atomic E-state index is 11.5. The van der Waals surface area contributed by atoms with E-state index in [4.69, 9.17) is 5.11 Å². The van der Waals surface area contributed by atoms with Crippen LogP contribution >= 0.6 is 0 Å². The lowest BCUT2D eigenvalue weighted by atomic mass is 10.5. The highest BCUT2D eigenvalue weighted by atomic mass is 16.5. The van der Waals surface area contributed by atoms with E-state index in [2.05, 4.69) is 9.47 Å². The first kappa shape index (κ1) is 16.8. The van der Waals surface area contributed by atoms with Gasteiger partial charge in [0.1, 0.15) is 19.8 Å². The zero-order chi connectivity index (χ0) is 14.8. The molecular weight excluding hydrogens is 260 g/mol. The predicted molar refractivity (Wildman–Crippen MR) is 61.3 cm³/mol. The number of carbonyl (C=O) groups is 4. The summed E-state index contributed by atoms with van der Waals surface area (Å²) in [5.74, 6) is -2.64. The standard InChI is InChI=1S/C10H16N2O7/c1-3-12(4-9(16)18-2)10(17)11-7(13)5-19-6-8(14)15/h3-6H2,1-2H3,(H,14,15)(H,11,13,17). The van der Waals surface area contributed by atoms with Crippen molar-refractivity contribution in [3.63, 3.8) is 0 Å². The van der Waals surface area contributed by atoms with Crippen molar-refractivity contribution >= 4 is 23.9 Å². The van der Waals surface area contributed by atoms with Crippen molar-refractivity contribution in [3.05, 3.63) is 0 Å². The van der Waals surface area contributed by atoms with Gasteiger partial charge in [-0.15, -0.1) is 0 Å². The Hall–Kier alpha value is -2.16. The second kappa shape index (κ2) is 8.86. The van der Waals surface area contributed by atoms with E-state index in [9.17, 15) is 19.2 Å². The normalized spacial score (nSPS) is 9.58. The molecule has 19 heavy (non-hydrogen) atoms. The highest BCUT2D eigenvalue weighted by Gasteiger charge is 2.18. The van der Waals surface area contributed by atoms with Gasteiger partial charge in [0, 0.05) is 6.54 Å². The van der Waals surface area contributed by atoms with Crippen molar-refractivity contribution in [2.24, 2.45) is 0 Å². The molecule has 0 unspecified atom stereocenters. The number of imide groups is 1. The molecule has 3 amide bonds. The van der Waals surface area contributed by atoms with E-state index in [0.29, 0.717) is 0 Å². The molecule has 0 aromatic rings. The van der Waals surface area contributed by atoms with E-state index in [-0.39, 0.29) is 13.1 Å². The third-order valence-corrected chi connectivity index (χ3v) is 1.92. The van der Waals surface area contributed by atoms with Gasteiger partial charge in [-0.3, -0.25) is 14.9 Å². The number of likely N-dealkylation sites (N-methyl/N-ethyl adjacent to an activating group) is 1. The number of hydrogen-bond acceptors (Lipinski definition) is 6. The average molecular weight is 276 g/mol. The van der Waals surface area contributed by atoms with Crippen molar-refractivity contribution in [1.29, 1.82) is 0 Å². The second-order valence-electron chi connectivity index (χ2n) is 3.33. The number of amides is 3. The van der Waals surface area contributed by atoms with Crippen LogP contribution in [0.15, 0.2) is 0 Å². The monoisotopic (exact) mass is 276 g/mol. The summed E-state index contributed by atoms with van der Waals surface area (Å²) < 4.78 is 8.89. The summed E-state index contributed by atoms with van der Waals surface area (Å²) in [7, 11) is 1.18. The molecule has 0 aliphatic heterocycles. The third-order valence-electron chi connectivity index (χ3n) is 1.92. The molecule has 0 fully saturated rings. The van der Waals surface area contributed by atoms with E-state index in [1.807, 2.05) is 5.32 Å². The van der Waals surface area contributed by atoms with Crippen molar-refractivity contribution in [2.75, 3.05) is 33.4 Å². The van der Waals surface area contributed by atoms with Gasteiger partial charge >= 0.3 is 18.0 Å². The molecular formula is C10H16N2O7. The number of carboxylic acid groups (broad SMARTS) is 1. The second-order valence-corrected chi connectivity index (χ2v) is 3.33. The molecule has 0 atom stereocenters. The number of nitrogens with zero attached hydrogens (tertiary/aromatic N) is 1. The van der Waals surface area contributed by atoms with Gasteiger partial charge in [0.15, 0.2) is 0 Å². The van der Waals surface area contributed by atoms with Gasteiger partial charge in [-0.05, 0) is 6.92 Å². The maximum absolute atomic E-state index is 11.5. The lowest BCUT2D eigenvalue weighted by Crippen LogP contribution is -2.46. The van der Waals surface area contributed by atoms with Crippen LogP contribution in [0, 0.1) is 0 Å². The molecule has 0 radical (unpaired) electrons. The summed E-state index contributed by atoms with van der Waals surface area (Å²) >= 11 is 0. The van der Waals surface area contributed by atoms with Crippen molar-refractivity contribution < 1.29 is 33.8 Å². The number of aliphatic carboxylic acids is 1. The summed E-state index contributed by atoms with van der Waals surface area (Å²) in [5.41, 5.74) is 0. The Bertz CT molecular complexity index is 356. The molecule has 0 rings (SSSR count). The Morgan fingerprint density at radius 1 is 1.21 bits per heavy atom. The maximum Gasteiger partial charge on any atom is 0.329 e. The van der Waals surface area contributed by atoms with Crippen LogP contribution in [0.5, 0.6) is 0 Å². The fourth-order valence-electron chi connectivity index (χ4n) is 1.01. The lowest BCUT2D eigenvalue weighted by molar-refractivity contribution is -0.144. The van der Waals surface area contributed by atoms with Gasteiger partial charge in [-0.2, -0.15) is 0 Å². The molecule has 0 spiro atoms. The summed E-state index contributed by atoms with van der Waals surface area (Å²) in [6.45, 7) is 0.329. The predicted octanol–water partition coefficient (Wildman–Crippen LogP) is -1.18. The molecule has 108 valence electrons. The third kappa shape index (κ3) is 7.71. The number of urea groups is 1. The van der Waals surface area contributed by atoms with E-state index in [1.165, 1.54) is 7.11 Å². The number of carboxylic acids is 1. The number of hydrogen-bond donors (Lipinski definition) is 2. The van der Waals surface area contributed by atoms with E-state index in [1.54, 1.807) is 6.92 Å².